The van der Waals surface area contributed by atoms with Gasteiger partial charge in [0.2, 0.25) is 5.95 Å². The van der Waals surface area contributed by atoms with Crippen LogP contribution in [0.15, 0.2) is 12.3 Å². The number of aromatic nitrogens is 2. The zero-order chi connectivity index (χ0) is 13.2. The lowest BCUT2D eigenvalue weighted by Crippen LogP contribution is -2.14. The predicted octanol–water partition coefficient (Wildman–Crippen LogP) is 1.01. The van der Waals surface area contributed by atoms with Gasteiger partial charge < -0.3 is 19.7 Å². The van der Waals surface area contributed by atoms with E-state index in [1.54, 1.807) is 13.3 Å². The van der Waals surface area contributed by atoms with Crippen LogP contribution in [0.3, 0.4) is 0 Å². The largest absolute Gasteiger partial charge is 0.382 e. The summed E-state index contributed by atoms with van der Waals surface area (Å²) in [5.41, 5.74) is 0. The molecule has 0 radical (unpaired) electrons. The zero-order valence-electron chi connectivity index (χ0n) is 11.3. The normalized spacial score (nSPS) is 10.4. The first-order valence-electron chi connectivity index (χ1n) is 6.05. The van der Waals surface area contributed by atoms with Crippen LogP contribution in [-0.2, 0) is 9.47 Å². The van der Waals surface area contributed by atoms with Crippen molar-refractivity contribution in [2.75, 3.05) is 57.8 Å². The van der Waals surface area contributed by atoms with Gasteiger partial charge in [-0.1, -0.05) is 0 Å². The number of nitrogens with zero attached hydrogens (tertiary/aromatic N) is 3. The molecule has 0 atom stereocenters. The Morgan fingerprint density at radius 2 is 2.11 bits per heavy atom. The molecule has 0 saturated heterocycles. The van der Waals surface area contributed by atoms with Gasteiger partial charge in [-0.3, -0.25) is 0 Å². The summed E-state index contributed by atoms with van der Waals surface area (Å²) in [6.07, 6.45) is 2.69. The number of hydrogen-bond donors (Lipinski definition) is 1. The predicted molar refractivity (Wildman–Crippen MR) is 72.2 cm³/mol. The molecule has 18 heavy (non-hydrogen) atoms. The molecule has 0 saturated carbocycles. The molecule has 0 aliphatic heterocycles. The molecule has 6 nitrogen and oxygen atoms in total. The molecule has 0 amide bonds. The molecular formula is C12H22N4O2. The molecule has 0 bridgehead atoms. The molecule has 0 aliphatic carbocycles. The number of ether oxygens (including phenoxy) is 2. The number of methoxy groups -OCH3 is 1. The van der Waals surface area contributed by atoms with Gasteiger partial charge in [0.1, 0.15) is 5.82 Å². The van der Waals surface area contributed by atoms with Gasteiger partial charge >= 0.3 is 0 Å². The lowest BCUT2D eigenvalue weighted by atomic mass is 10.4. The van der Waals surface area contributed by atoms with Gasteiger partial charge in [-0.05, 0) is 12.5 Å². The number of hydrogen-bond acceptors (Lipinski definition) is 6. The summed E-state index contributed by atoms with van der Waals surface area (Å²) in [7, 11) is 5.51. The van der Waals surface area contributed by atoms with Crippen molar-refractivity contribution in [3.63, 3.8) is 0 Å². The molecule has 0 unspecified atom stereocenters. The Hall–Kier alpha value is -1.40. The summed E-state index contributed by atoms with van der Waals surface area (Å²) in [6, 6.07) is 1.86. The molecule has 6 heteroatoms. The summed E-state index contributed by atoms with van der Waals surface area (Å²) in [5, 5.41) is 3.24. The Morgan fingerprint density at radius 3 is 2.83 bits per heavy atom. The third-order valence-corrected chi connectivity index (χ3v) is 2.25. The summed E-state index contributed by atoms with van der Waals surface area (Å²) in [4.78, 5) is 10.4. The Bertz CT molecular complexity index is 334. The van der Waals surface area contributed by atoms with E-state index < -0.39 is 0 Å². The van der Waals surface area contributed by atoms with Crippen LogP contribution in [-0.4, -0.2) is 57.5 Å². The van der Waals surface area contributed by atoms with E-state index in [9.17, 15) is 0 Å². The Balaban J connectivity index is 2.17. The van der Waals surface area contributed by atoms with Crippen LogP contribution >= 0.6 is 0 Å². The molecule has 1 rings (SSSR count). The van der Waals surface area contributed by atoms with E-state index in [-0.39, 0.29) is 0 Å². The fraction of sp³-hybridized carbons (Fsp3) is 0.667. The molecule has 1 heterocycles. The molecule has 0 spiro atoms. The second-order valence-electron chi connectivity index (χ2n) is 4.02. The first-order chi connectivity index (χ1) is 8.74. The standard InChI is InChI=1S/C12H22N4O2/c1-16(2)12-14-7-5-11(15-12)13-6-4-8-18-10-9-17-3/h5,7H,4,6,8-10H2,1-3H3,(H,13,14,15). The lowest BCUT2D eigenvalue weighted by molar-refractivity contribution is 0.0705. The third kappa shape index (κ3) is 5.79. The molecule has 1 aromatic rings. The highest BCUT2D eigenvalue weighted by Gasteiger charge is 2.00. The minimum absolute atomic E-state index is 0.644. The number of rotatable bonds is 9. The number of nitrogens with one attached hydrogen (secondary N) is 1. The van der Waals surface area contributed by atoms with E-state index in [0.29, 0.717) is 19.2 Å². The summed E-state index contributed by atoms with van der Waals surface area (Å²) in [6.45, 7) is 2.85. The van der Waals surface area contributed by atoms with Gasteiger partial charge in [-0.25, -0.2) is 4.98 Å². The Kier molecular flexibility index (Phi) is 7.05. The highest BCUT2D eigenvalue weighted by atomic mass is 16.5. The van der Waals surface area contributed by atoms with E-state index >= 15 is 0 Å². The van der Waals surface area contributed by atoms with E-state index in [1.165, 1.54) is 0 Å². The molecule has 0 fully saturated rings. The van der Waals surface area contributed by atoms with Gasteiger partial charge in [-0.2, -0.15) is 4.98 Å². The van der Waals surface area contributed by atoms with E-state index in [2.05, 4.69) is 15.3 Å². The summed E-state index contributed by atoms with van der Waals surface area (Å²) >= 11 is 0. The molecule has 0 aliphatic rings. The van der Waals surface area contributed by atoms with Crippen molar-refractivity contribution in [1.29, 1.82) is 0 Å². The molecule has 0 aromatic carbocycles. The Morgan fingerprint density at radius 1 is 1.28 bits per heavy atom. The van der Waals surface area contributed by atoms with Crippen LogP contribution in [0.5, 0.6) is 0 Å². The van der Waals surface area contributed by atoms with Crippen LogP contribution in [0.25, 0.3) is 0 Å². The highest BCUT2D eigenvalue weighted by molar-refractivity contribution is 5.40. The lowest BCUT2D eigenvalue weighted by Gasteiger charge is -2.11. The van der Waals surface area contributed by atoms with Gasteiger partial charge in [-0.15, -0.1) is 0 Å². The van der Waals surface area contributed by atoms with Crippen molar-refractivity contribution in [2.45, 2.75) is 6.42 Å². The maximum atomic E-state index is 5.37. The first kappa shape index (κ1) is 14.7. The van der Waals surface area contributed by atoms with Crippen molar-refractivity contribution in [3.05, 3.63) is 12.3 Å². The van der Waals surface area contributed by atoms with Crippen molar-refractivity contribution in [1.82, 2.24) is 9.97 Å². The number of anilines is 2. The zero-order valence-corrected chi connectivity index (χ0v) is 11.3. The van der Waals surface area contributed by atoms with Crippen LogP contribution < -0.4 is 10.2 Å². The fourth-order valence-electron chi connectivity index (χ4n) is 1.30. The van der Waals surface area contributed by atoms with Crippen LogP contribution in [0.1, 0.15) is 6.42 Å². The summed E-state index contributed by atoms with van der Waals surface area (Å²) in [5.74, 6) is 1.54. The monoisotopic (exact) mass is 254 g/mol. The third-order valence-electron chi connectivity index (χ3n) is 2.25. The smallest absolute Gasteiger partial charge is 0.226 e. The van der Waals surface area contributed by atoms with Crippen molar-refractivity contribution in [3.8, 4) is 0 Å². The maximum absolute atomic E-state index is 5.37. The van der Waals surface area contributed by atoms with Crippen LogP contribution in [0.4, 0.5) is 11.8 Å². The van der Waals surface area contributed by atoms with E-state index in [1.807, 2.05) is 25.1 Å². The SMILES string of the molecule is COCCOCCCNc1ccnc(N(C)C)n1. The average molecular weight is 254 g/mol. The fourth-order valence-corrected chi connectivity index (χ4v) is 1.30. The van der Waals surface area contributed by atoms with Crippen molar-refractivity contribution in [2.24, 2.45) is 0 Å². The topological polar surface area (TPSA) is 59.5 Å². The maximum Gasteiger partial charge on any atom is 0.226 e. The quantitative estimate of drug-likeness (QED) is 0.664. The Labute approximate surface area is 108 Å². The van der Waals surface area contributed by atoms with Gasteiger partial charge in [0.15, 0.2) is 0 Å². The highest BCUT2D eigenvalue weighted by Crippen LogP contribution is 2.07. The molecule has 1 N–H and O–H groups in total. The molecular weight excluding hydrogens is 232 g/mol. The minimum atomic E-state index is 0.644. The first-order valence-corrected chi connectivity index (χ1v) is 6.05. The molecule has 102 valence electrons. The average Bonchev–Trinajstić information content (AvgIpc) is 2.38. The van der Waals surface area contributed by atoms with Gasteiger partial charge in [0.25, 0.3) is 0 Å². The van der Waals surface area contributed by atoms with Crippen LogP contribution in [0.2, 0.25) is 0 Å². The van der Waals surface area contributed by atoms with Gasteiger partial charge in [0, 0.05) is 40.6 Å². The minimum Gasteiger partial charge on any atom is -0.382 e. The second kappa shape index (κ2) is 8.66. The summed E-state index contributed by atoms with van der Waals surface area (Å²) < 4.78 is 10.3. The van der Waals surface area contributed by atoms with Crippen molar-refractivity contribution < 1.29 is 9.47 Å². The molecule has 1 aromatic heterocycles. The second-order valence-corrected chi connectivity index (χ2v) is 4.02. The van der Waals surface area contributed by atoms with Crippen molar-refractivity contribution >= 4 is 11.8 Å². The van der Waals surface area contributed by atoms with E-state index in [0.717, 1.165) is 25.4 Å². The van der Waals surface area contributed by atoms with Crippen LogP contribution in [0, 0.1) is 0 Å². The van der Waals surface area contributed by atoms with Gasteiger partial charge in [0.05, 0.1) is 13.2 Å². The van der Waals surface area contributed by atoms with E-state index in [4.69, 9.17) is 9.47 Å².